The first kappa shape index (κ1) is 12.2. The molecule has 0 spiro atoms. The molecule has 0 heterocycles. The molecule has 1 aliphatic carbocycles. The van der Waals surface area contributed by atoms with Gasteiger partial charge in [0.1, 0.15) is 0 Å². The fraction of sp³-hybridized carbons (Fsp3) is 0.364. The summed E-state index contributed by atoms with van der Waals surface area (Å²) in [5.74, 6) is -2.53. The van der Waals surface area contributed by atoms with E-state index in [0.29, 0.717) is 12.8 Å². The van der Waals surface area contributed by atoms with E-state index < -0.39 is 23.0 Å². The van der Waals surface area contributed by atoms with Crippen molar-refractivity contribution >= 4 is 21.9 Å². The summed E-state index contributed by atoms with van der Waals surface area (Å²) in [6.45, 7) is 0. The number of carboxylic acids is 1. The SMILES string of the molecule is COc1c(O)c(C2(C(=O)O)CC2)cc(Br)c1F. The van der Waals surface area contributed by atoms with Gasteiger partial charge in [-0.15, -0.1) is 0 Å². The Morgan fingerprint density at radius 2 is 2.18 bits per heavy atom. The Bertz CT molecular complexity index is 497. The molecule has 1 aromatic rings. The minimum atomic E-state index is -1.10. The van der Waals surface area contributed by atoms with Crippen LogP contribution in [0.4, 0.5) is 4.39 Å². The number of carbonyl (C=O) groups is 1. The van der Waals surface area contributed by atoms with Gasteiger partial charge in [-0.2, -0.15) is 0 Å². The summed E-state index contributed by atoms with van der Waals surface area (Å²) in [6, 6.07) is 1.30. The zero-order valence-electron chi connectivity index (χ0n) is 8.96. The summed E-state index contributed by atoms with van der Waals surface area (Å²) in [5, 5.41) is 19.0. The molecule has 1 aliphatic rings. The number of methoxy groups -OCH3 is 1. The van der Waals surface area contributed by atoms with Crippen LogP contribution in [0.2, 0.25) is 0 Å². The minimum absolute atomic E-state index is 0.0784. The molecular weight excluding hydrogens is 295 g/mol. The molecule has 1 fully saturated rings. The molecule has 6 heteroatoms. The number of benzene rings is 1. The van der Waals surface area contributed by atoms with Crippen molar-refractivity contribution in [2.75, 3.05) is 7.11 Å². The van der Waals surface area contributed by atoms with Crippen molar-refractivity contribution in [3.05, 3.63) is 21.9 Å². The van der Waals surface area contributed by atoms with Crippen molar-refractivity contribution in [3.8, 4) is 11.5 Å². The van der Waals surface area contributed by atoms with Crippen molar-refractivity contribution in [1.82, 2.24) is 0 Å². The van der Waals surface area contributed by atoms with Gasteiger partial charge >= 0.3 is 5.97 Å². The van der Waals surface area contributed by atoms with Gasteiger partial charge in [-0.3, -0.25) is 4.79 Å². The molecule has 2 N–H and O–H groups in total. The molecule has 2 rings (SSSR count). The standard InChI is InChI=1S/C11H10BrFO4/c1-17-9-7(13)6(12)4-5(8(9)14)11(2-3-11)10(15)16/h4,14H,2-3H2,1H3,(H,15,16). The largest absolute Gasteiger partial charge is 0.504 e. The summed E-state index contributed by atoms with van der Waals surface area (Å²) < 4.78 is 18.4. The Hall–Kier alpha value is -1.30. The molecule has 0 aromatic heterocycles. The van der Waals surface area contributed by atoms with E-state index in [2.05, 4.69) is 15.9 Å². The first-order valence-corrected chi connectivity index (χ1v) is 5.72. The number of phenols is 1. The molecule has 0 radical (unpaired) electrons. The Balaban J connectivity index is 2.64. The summed E-state index contributed by atoms with van der Waals surface area (Å²) in [5.41, 5.74) is -0.914. The van der Waals surface area contributed by atoms with Crippen LogP contribution in [0.5, 0.6) is 11.5 Å². The summed E-state index contributed by atoms with van der Waals surface area (Å²) >= 11 is 2.98. The molecule has 92 valence electrons. The van der Waals surface area contributed by atoms with E-state index in [-0.39, 0.29) is 15.8 Å². The highest BCUT2D eigenvalue weighted by molar-refractivity contribution is 9.10. The zero-order valence-corrected chi connectivity index (χ0v) is 10.5. The number of aliphatic carboxylic acids is 1. The molecule has 0 unspecified atom stereocenters. The van der Waals surface area contributed by atoms with Crippen molar-refractivity contribution < 1.29 is 24.1 Å². The van der Waals surface area contributed by atoms with Gasteiger partial charge in [-0.05, 0) is 34.8 Å². The summed E-state index contributed by atoms with van der Waals surface area (Å²) in [4.78, 5) is 11.2. The lowest BCUT2D eigenvalue weighted by Crippen LogP contribution is -2.20. The average molecular weight is 305 g/mol. The number of phenolic OH excluding ortho intramolecular Hbond substituents is 1. The number of ether oxygens (including phenoxy) is 1. The van der Waals surface area contributed by atoms with Gasteiger partial charge in [-0.25, -0.2) is 4.39 Å². The van der Waals surface area contributed by atoms with E-state index in [1.54, 1.807) is 0 Å². The van der Waals surface area contributed by atoms with Gasteiger partial charge in [-0.1, -0.05) is 0 Å². The Kier molecular flexibility index (Phi) is 2.77. The van der Waals surface area contributed by atoms with Gasteiger partial charge < -0.3 is 14.9 Å². The van der Waals surface area contributed by atoms with Crippen LogP contribution in [0.25, 0.3) is 0 Å². The number of carboxylic acid groups (broad SMARTS) is 1. The smallest absolute Gasteiger partial charge is 0.314 e. The Morgan fingerprint density at radius 1 is 1.59 bits per heavy atom. The molecule has 1 saturated carbocycles. The predicted molar refractivity (Wildman–Crippen MR) is 60.9 cm³/mol. The van der Waals surface area contributed by atoms with Gasteiger partial charge in [0.05, 0.1) is 17.0 Å². The van der Waals surface area contributed by atoms with Crippen molar-refractivity contribution in [2.24, 2.45) is 0 Å². The third-order valence-electron chi connectivity index (χ3n) is 3.03. The van der Waals surface area contributed by atoms with Crippen LogP contribution >= 0.6 is 15.9 Å². The zero-order chi connectivity index (χ0) is 12.8. The molecule has 0 aliphatic heterocycles. The first-order valence-electron chi connectivity index (χ1n) is 4.93. The second-order valence-corrected chi connectivity index (χ2v) is 4.84. The molecular formula is C11H10BrFO4. The lowest BCUT2D eigenvalue weighted by atomic mass is 9.94. The van der Waals surface area contributed by atoms with Gasteiger partial charge in [0.15, 0.2) is 17.3 Å². The highest BCUT2D eigenvalue weighted by Gasteiger charge is 2.54. The van der Waals surface area contributed by atoms with E-state index >= 15 is 0 Å². The fourth-order valence-corrected chi connectivity index (χ4v) is 2.28. The maximum absolute atomic E-state index is 13.6. The third-order valence-corrected chi connectivity index (χ3v) is 3.61. The maximum Gasteiger partial charge on any atom is 0.314 e. The fourth-order valence-electron chi connectivity index (χ4n) is 1.87. The van der Waals surface area contributed by atoms with Crippen LogP contribution in [0, 0.1) is 5.82 Å². The quantitative estimate of drug-likeness (QED) is 0.900. The van der Waals surface area contributed by atoms with Crippen LogP contribution in [0.3, 0.4) is 0 Å². The lowest BCUT2D eigenvalue weighted by molar-refractivity contribution is -0.140. The number of halogens is 2. The van der Waals surface area contributed by atoms with Gasteiger partial charge in [0, 0.05) is 5.56 Å². The minimum Gasteiger partial charge on any atom is -0.504 e. The van der Waals surface area contributed by atoms with E-state index in [1.165, 1.54) is 13.2 Å². The molecule has 4 nitrogen and oxygen atoms in total. The van der Waals surface area contributed by atoms with E-state index in [0.717, 1.165) is 0 Å². The average Bonchev–Trinajstić information content (AvgIpc) is 3.05. The third kappa shape index (κ3) is 1.67. The highest BCUT2D eigenvalue weighted by atomic mass is 79.9. The number of hydrogen-bond acceptors (Lipinski definition) is 3. The van der Waals surface area contributed by atoms with E-state index in [4.69, 9.17) is 9.84 Å². The normalized spacial score (nSPS) is 16.6. The van der Waals surface area contributed by atoms with E-state index in [9.17, 15) is 14.3 Å². The molecule has 1 aromatic carbocycles. The second-order valence-electron chi connectivity index (χ2n) is 3.99. The van der Waals surface area contributed by atoms with E-state index in [1.807, 2.05) is 0 Å². The predicted octanol–water partition coefficient (Wildman–Crippen LogP) is 2.42. The van der Waals surface area contributed by atoms with Crippen LogP contribution in [-0.4, -0.2) is 23.3 Å². The summed E-state index contributed by atoms with van der Waals surface area (Å²) in [6.07, 6.45) is 0.855. The topological polar surface area (TPSA) is 66.8 Å². The lowest BCUT2D eigenvalue weighted by Gasteiger charge is -2.16. The molecule has 0 bridgehead atoms. The number of rotatable bonds is 3. The monoisotopic (exact) mass is 304 g/mol. The molecule has 0 amide bonds. The molecule has 17 heavy (non-hydrogen) atoms. The summed E-state index contributed by atoms with van der Waals surface area (Å²) in [7, 11) is 1.22. The Morgan fingerprint density at radius 3 is 2.59 bits per heavy atom. The Labute approximate surface area is 105 Å². The highest BCUT2D eigenvalue weighted by Crippen LogP contribution is 2.54. The van der Waals surface area contributed by atoms with Crippen LogP contribution in [0.15, 0.2) is 10.5 Å². The molecule has 0 saturated heterocycles. The second kappa shape index (κ2) is 3.87. The van der Waals surface area contributed by atoms with Crippen molar-refractivity contribution in [1.29, 1.82) is 0 Å². The number of aromatic hydroxyl groups is 1. The van der Waals surface area contributed by atoms with Gasteiger partial charge in [0.2, 0.25) is 0 Å². The molecule has 0 atom stereocenters. The van der Waals surface area contributed by atoms with Crippen molar-refractivity contribution in [3.63, 3.8) is 0 Å². The van der Waals surface area contributed by atoms with Crippen LogP contribution in [-0.2, 0) is 10.2 Å². The van der Waals surface area contributed by atoms with Gasteiger partial charge in [0.25, 0.3) is 0 Å². The number of hydrogen-bond donors (Lipinski definition) is 2. The van der Waals surface area contributed by atoms with Crippen LogP contribution in [0.1, 0.15) is 18.4 Å². The van der Waals surface area contributed by atoms with Crippen molar-refractivity contribution in [2.45, 2.75) is 18.3 Å². The van der Waals surface area contributed by atoms with Crippen LogP contribution < -0.4 is 4.74 Å². The first-order chi connectivity index (χ1) is 7.94. The maximum atomic E-state index is 13.6.